The van der Waals surface area contributed by atoms with Gasteiger partial charge in [-0.2, -0.15) is 4.31 Å². The van der Waals surface area contributed by atoms with Gasteiger partial charge in [0, 0.05) is 26.2 Å². The third-order valence-electron chi connectivity index (χ3n) is 4.91. The minimum atomic E-state index is -3.53. The number of likely N-dealkylation sites (N-methyl/N-ethyl adjacent to an activating group) is 1. The smallest absolute Gasteiger partial charge is 0.243 e. The molecule has 1 aromatic heterocycles. The average Bonchev–Trinajstić information content (AvgIpc) is 3.10. The van der Waals surface area contributed by atoms with Crippen molar-refractivity contribution in [3.63, 3.8) is 0 Å². The Kier molecular flexibility index (Phi) is 5.64. The van der Waals surface area contributed by atoms with Crippen LogP contribution in [-0.2, 0) is 21.2 Å². The molecule has 2 aromatic carbocycles. The number of piperazine rings is 1. The molecule has 0 bridgehead atoms. The van der Waals surface area contributed by atoms with Gasteiger partial charge in [-0.1, -0.05) is 41.7 Å². The molecule has 0 saturated carbocycles. The number of nitrogens with zero attached hydrogens (tertiary/aromatic N) is 3. The van der Waals surface area contributed by atoms with Crippen molar-refractivity contribution in [1.29, 1.82) is 0 Å². The minimum absolute atomic E-state index is 0.152. The number of fused-ring (bicyclic) bond motifs is 1. The zero-order valence-corrected chi connectivity index (χ0v) is 17.7. The lowest BCUT2D eigenvalue weighted by Crippen LogP contribution is -2.46. The second-order valence-corrected chi connectivity index (χ2v) is 10.0. The first-order chi connectivity index (χ1) is 13.9. The lowest BCUT2D eigenvalue weighted by atomic mass is 10.1. The van der Waals surface area contributed by atoms with Gasteiger partial charge in [-0.25, -0.2) is 13.4 Å². The molecule has 0 unspecified atom stereocenters. The Morgan fingerprint density at radius 3 is 2.55 bits per heavy atom. The molecule has 4 rings (SSSR count). The van der Waals surface area contributed by atoms with Crippen LogP contribution in [0.1, 0.15) is 5.56 Å². The van der Waals surface area contributed by atoms with Gasteiger partial charge in [-0.15, -0.1) is 0 Å². The van der Waals surface area contributed by atoms with Gasteiger partial charge in [0.05, 0.1) is 21.5 Å². The number of rotatable bonds is 5. The Bertz CT molecular complexity index is 1120. The average molecular weight is 431 g/mol. The molecule has 9 heteroatoms. The van der Waals surface area contributed by atoms with Gasteiger partial charge in [0.15, 0.2) is 5.13 Å². The highest BCUT2D eigenvalue weighted by Crippen LogP contribution is 2.29. The van der Waals surface area contributed by atoms with Crippen LogP contribution in [0.25, 0.3) is 10.2 Å². The first-order valence-corrected chi connectivity index (χ1v) is 11.6. The van der Waals surface area contributed by atoms with Crippen molar-refractivity contribution in [2.75, 3.05) is 38.5 Å². The topological polar surface area (TPSA) is 82.6 Å². The van der Waals surface area contributed by atoms with Crippen LogP contribution in [0.15, 0.2) is 53.4 Å². The van der Waals surface area contributed by atoms with E-state index in [0.29, 0.717) is 23.7 Å². The number of sulfonamides is 1. The van der Waals surface area contributed by atoms with E-state index in [2.05, 4.69) is 15.2 Å². The van der Waals surface area contributed by atoms with E-state index in [1.807, 2.05) is 37.4 Å². The standard InChI is InChI=1S/C20H22N4O3S2/c1-23-9-11-24(12-10-23)29(26,27)16-7-8-17-18(14-16)28-20(21-17)22-19(25)13-15-5-3-2-4-6-15/h2-8,14H,9-13H2,1H3,(H,21,22,25). The lowest BCUT2D eigenvalue weighted by molar-refractivity contribution is -0.115. The Labute approximate surface area is 174 Å². The normalized spacial score (nSPS) is 16.2. The molecule has 0 aliphatic carbocycles. The quantitative estimate of drug-likeness (QED) is 0.672. The zero-order chi connectivity index (χ0) is 20.4. The summed E-state index contributed by atoms with van der Waals surface area (Å²) in [5, 5.41) is 3.28. The fourth-order valence-electron chi connectivity index (χ4n) is 3.24. The third-order valence-corrected chi connectivity index (χ3v) is 7.74. The predicted molar refractivity (Wildman–Crippen MR) is 115 cm³/mol. The molecule has 1 saturated heterocycles. The molecule has 1 amide bonds. The van der Waals surface area contributed by atoms with E-state index < -0.39 is 10.0 Å². The molecule has 152 valence electrons. The van der Waals surface area contributed by atoms with Crippen molar-refractivity contribution in [3.8, 4) is 0 Å². The van der Waals surface area contributed by atoms with Crippen LogP contribution in [0, 0.1) is 0 Å². The first kappa shape index (κ1) is 20.0. The van der Waals surface area contributed by atoms with Crippen LogP contribution in [0.2, 0.25) is 0 Å². The van der Waals surface area contributed by atoms with Gasteiger partial charge in [-0.05, 0) is 30.8 Å². The molecule has 29 heavy (non-hydrogen) atoms. The summed E-state index contributed by atoms with van der Waals surface area (Å²) in [7, 11) is -1.55. The van der Waals surface area contributed by atoms with E-state index in [4.69, 9.17) is 0 Å². The van der Waals surface area contributed by atoms with E-state index in [0.717, 1.165) is 23.4 Å². The minimum Gasteiger partial charge on any atom is -0.304 e. The fraction of sp³-hybridized carbons (Fsp3) is 0.300. The molecule has 1 N–H and O–H groups in total. The Morgan fingerprint density at radius 2 is 1.83 bits per heavy atom. The molecule has 3 aromatic rings. The van der Waals surface area contributed by atoms with Gasteiger partial charge >= 0.3 is 0 Å². The molecule has 7 nitrogen and oxygen atoms in total. The number of benzene rings is 2. The molecule has 0 atom stereocenters. The van der Waals surface area contributed by atoms with Crippen molar-refractivity contribution in [2.45, 2.75) is 11.3 Å². The van der Waals surface area contributed by atoms with Gasteiger partial charge in [-0.3, -0.25) is 4.79 Å². The maximum Gasteiger partial charge on any atom is 0.243 e. The van der Waals surface area contributed by atoms with Crippen molar-refractivity contribution < 1.29 is 13.2 Å². The fourth-order valence-corrected chi connectivity index (χ4v) is 5.69. The van der Waals surface area contributed by atoms with Crippen LogP contribution >= 0.6 is 11.3 Å². The summed E-state index contributed by atoms with van der Waals surface area (Å²) < 4.78 is 28.2. The highest BCUT2D eigenvalue weighted by molar-refractivity contribution is 7.89. The molecular weight excluding hydrogens is 408 g/mol. The van der Waals surface area contributed by atoms with Crippen molar-refractivity contribution in [1.82, 2.24) is 14.2 Å². The SMILES string of the molecule is CN1CCN(S(=O)(=O)c2ccc3nc(NC(=O)Cc4ccccc4)sc3c2)CC1. The molecule has 1 fully saturated rings. The van der Waals surface area contributed by atoms with Crippen molar-refractivity contribution >= 4 is 42.6 Å². The summed E-state index contributed by atoms with van der Waals surface area (Å²) in [5.41, 5.74) is 1.59. The van der Waals surface area contributed by atoms with E-state index in [1.165, 1.54) is 15.6 Å². The molecule has 0 radical (unpaired) electrons. The monoisotopic (exact) mass is 430 g/mol. The summed E-state index contributed by atoms with van der Waals surface area (Å²) in [6.45, 7) is 2.42. The van der Waals surface area contributed by atoms with Crippen molar-refractivity contribution in [2.24, 2.45) is 0 Å². The molecule has 1 aliphatic heterocycles. The summed E-state index contributed by atoms with van der Waals surface area (Å²) >= 11 is 1.28. The second-order valence-electron chi connectivity index (χ2n) is 7.07. The number of thiazole rings is 1. The van der Waals surface area contributed by atoms with E-state index >= 15 is 0 Å². The summed E-state index contributed by atoms with van der Waals surface area (Å²) in [5.74, 6) is -0.152. The van der Waals surface area contributed by atoms with Gasteiger partial charge < -0.3 is 10.2 Å². The largest absolute Gasteiger partial charge is 0.304 e. The van der Waals surface area contributed by atoms with Gasteiger partial charge in [0.1, 0.15) is 0 Å². The van der Waals surface area contributed by atoms with E-state index in [9.17, 15) is 13.2 Å². The highest BCUT2D eigenvalue weighted by atomic mass is 32.2. The molecule has 2 heterocycles. The number of amides is 1. The zero-order valence-electron chi connectivity index (χ0n) is 16.0. The number of carbonyl (C=O) groups is 1. The third kappa shape index (κ3) is 4.48. The Hall–Kier alpha value is -2.33. The number of nitrogens with one attached hydrogen (secondary N) is 1. The summed E-state index contributed by atoms with van der Waals surface area (Å²) in [4.78, 5) is 19.1. The van der Waals surface area contributed by atoms with Gasteiger partial charge in [0.2, 0.25) is 15.9 Å². The van der Waals surface area contributed by atoms with Crippen LogP contribution in [0.4, 0.5) is 5.13 Å². The first-order valence-electron chi connectivity index (χ1n) is 9.35. The van der Waals surface area contributed by atoms with Gasteiger partial charge in [0.25, 0.3) is 0 Å². The van der Waals surface area contributed by atoms with E-state index in [1.54, 1.807) is 18.2 Å². The Morgan fingerprint density at radius 1 is 1.10 bits per heavy atom. The van der Waals surface area contributed by atoms with Crippen LogP contribution in [-0.4, -0.2) is 61.7 Å². The number of anilines is 1. The number of hydrogen-bond acceptors (Lipinski definition) is 6. The molecule has 0 spiro atoms. The molecular formula is C20H22N4O3S2. The number of hydrogen-bond donors (Lipinski definition) is 1. The predicted octanol–water partition coefficient (Wildman–Crippen LogP) is 2.41. The van der Waals surface area contributed by atoms with E-state index in [-0.39, 0.29) is 17.2 Å². The summed E-state index contributed by atoms with van der Waals surface area (Å²) in [6, 6.07) is 14.4. The van der Waals surface area contributed by atoms with Crippen molar-refractivity contribution in [3.05, 3.63) is 54.1 Å². The Balaban J connectivity index is 1.51. The lowest BCUT2D eigenvalue weighted by Gasteiger charge is -2.31. The maximum atomic E-state index is 12.9. The van der Waals surface area contributed by atoms with Crippen LogP contribution in [0.5, 0.6) is 0 Å². The second kappa shape index (κ2) is 8.19. The highest BCUT2D eigenvalue weighted by Gasteiger charge is 2.27. The van der Waals surface area contributed by atoms with Crippen LogP contribution < -0.4 is 5.32 Å². The number of aromatic nitrogens is 1. The van der Waals surface area contributed by atoms with Crippen LogP contribution in [0.3, 0.4) is 0 Å². The number of carbonyl (C=O) groups excluding carboxylic acids is 1. The summed E-state index contributed by atoms with van der Waals surface area (Å²) in [6.07, 6.45) is 0.264. The maximum absolute atomic E-state index is 12.9. The molecule has 1 aliphatic rings.